The molecule has 0 saturated carbocycles. The van der Waals surface area contributed by atoms with Crippen molar-refractivity contribution in [3.05, 3.63) is 35.0 Å². The molecule has 130 valence electrons. The lowest BCUT2D eigenvalue weighted by atomic mass is 9.95. The van der Waals surface area contributed by atoms with Gasteiger partial charge in [-0.3, -0.25) is 4.68 Å². The Morgan fingerprint density at radius 1 is 1.38 bits per heavy atom. The van der Waals surface area contributed by atoms with Gasteiger partial charge in [0.05, 0.1) is 30.6 Å². The van der Waals surface area contributed by atoms with E-state index in [2.05, 4.69) is 15.6 Å². The topological polar surface area (TPSA) is 94.6 Å². The largest absolute Gasteiger partial charge is 0.389 e. The zero-order valence-corrected chi connectivity index (χ0v) is 14.0. The smallest absolute Gasteiger partial charge is 0.183 e. The van der Waals surface area contributed by atoms with Gasteiger partial charge in [0, 0.05) is 18.3 Å². The number of aryl methyl sites for hydroxylation is 3. The van der Waals surface area contributed by atoms with E-state index in [0.29, 0.717) is 13.2 Å². The molecule has 2 aromatic heterocycles. The summed E-state index contributed by atoms with van der Waals surface area (Å²) in [6.45, 7) is 6.77. The van der Waals surface area contributed by atoms with Crippen molar-refractivity contribution in [3.8, 4) is 0 Å². The minimum Gasteiger partial charge on any atom is -0.389 e. The molecule has 5 atom stereocenters. The van der Waals surface area contributed by atoms with Crippen LogP contribution in [0.25, 0.3) is 0 Å². The second kappa shape index (κ2) is 5.96. The van der Waals surface area contributed by atoms with Crippen LogP contribution in [0.2, 0.25) is 0 Å². The molecule has 2 fully saturated rings. The lowest BCUT2D eigenvalue weighted by Gasteiger charge is -2.38. The van der Waals surface area contributed by atoms with Gasteiger partial charge in [-0.1, -0.05) is 5.16 Å². The molecule has 0 aromatic carbocycles. The molecule has 2 saturated heterocycles. The van der Waals surface area contributed by atoms with Gasteiger partial charge in [-0.2, -0.15) is 5.10 Å². The van der Waals surface area contributed by atoms with Gasteiger partial charge in [-0.25, -0.2) is 0 Å². The molecule has 0 radical (unpaired) electrons. The third-order valence-corrected chi connectivity index (χ3v) is 4.86. The standard InChI is InChI=1S/C16H22N4O4/c1-8-4-18-20(6-8)14-15(21)13(12-7-22-16(14)23-12)17-5-11-9(2)19-24-10(11)3/h4,6,12-17,21H,5,7H2,1-3H3. The van der Waals surface area contributed by atoms with E-state index in [1.807, 2.05) is 27.0 Å². The van der Waals surface area contributed by atoms with Gasteiger partial charge in [0.1, 0.15) is 17.9 Å². The molecule has 2 aliphatic rings. The first kappa shape index (κ1) is 15.8. The fraction of sp³-hybridized carbons (Fsp3) is 0.625. The Bertz CT molecular complexity index is 708. The number of fused-ring (bicyclic) bond motifs is 2. The summed E-state index contributed by atoms with van der Waals surface area (Å²) in [6.07, 6.45) is 2.33. The summed E-state index contributed by atoms with van der Waals surface area (Å²) in [5.41, 5.74) is 2.89. The average molecular weight is 334 g/mol. The molecule has 2 bridgehead atoms. The quantitative estimate of drug-likeness (QED) is 0.846. The lowest BCUT2D eigenvalue weighted by Crippen LogP contribution is -2.57. The molecular weight excluding hydrogens is 312 g/mol. The van der Waals surface area contributed by atoms with Crippen LogP contribution in [-0.2, 0) is 16.0 Å². The van der Waals surface area contributed by atoms with E-state index in [9.17, 15) is 5.11 Å². The molecule has 0 amide bonds. The Labute approximate surface area is 139 Å². The van der Waals surface area contributed by atoms with Crippen molar-refractivity contribution in [2.24, 2.45) is 0 Å². The molecule has 2 aliphatic heterocycles. The fourth-order valence-corrected chi connectivity index (χ4v) is 3.50. The number of aromatic nitrogens is 3. The summed E-state index contributed by atoms with van der Waals surface area (Å²) in [7, 11) is 0. The van der Waals surface area contributed by atoms with Gasteiger partial charge >= 0.3 is 0 Å². The molecule has 8 nitrogen and oxygen atoms in total. The summed E-state index contributed by atoms with van der Waals surface area (Å²) in [6, 6.07) is -0.633. The van der Waals surface area contributed by atoms with E-state index in [1.165, 1.54) is 0 Å². The summed E-state index contributed by atoms with van der Waals surface area (Å²) in [5.74, 6) is 0.783. The predicted octanol–water partition coefficient (Wildman–Crippen LogP) is 0.612. The van der Waals surface area contributed by atoms with Crippen LogP contribution in [0.15, 0.2) is 16.9 Å². The molecule has 4 rings (SSSR count). The molecule has 0 spiro atoms. The van der Waals surface area contributed by atoms with E-state index < -0.39 is 12.4 Å². The minimum absolute atomic E-state index is 0.182. The molecular formula is C16H22N4O4. The molecule has 24 heavy (non-hydrogen) atoms. The maximum Gasteiger partial charge on any atom is 0.183 e. The van der Waals surface area contributed by atoms with Gasteiger partial charge < -0.3 is 24.4 Å². The predicted molar refractivity (Wildman–Crippen MR) is 83.2 cm³/mol. The number of nitrogens with zero attached hydrogens (tertiary/aromatic N) is 3. The zero-order chi connectivity index (χ0) is 16.8. The minimum atomic E-state index is -0.670. The van der Waals surface area contributed by atoms with Crippen molar-refractivity contribution in [1.82, 2.24) is 20.3 Å². The molecule has 0 aliphatic carbocycles. The SMILES string of the molecule is Cc1cnn(C2C3OCC(O3)C(NCc3c(C)noc3C)C2O)c1. The lowest BCUT2D eigenvalue weighted by molar-refractivity contribution is -0.168. The number of hydrogen-bond donors (Lipinski definition) is 2. The van der Waals surface area contributed by atoms with Crippen molar-refractivity contribution < 1.29 is 19.1 Å². The van der Waals surface area contributed by atoms with Crippen LogP contribution >= 0.6 is 0 Å². The van der Waals surface area contributed by atoms with E-state index in [1.54, 1.807) is 10.9 Å². The summed E-state index contributed by atoms with van der Waals surface area (Å²) in [4.78, 5) is 0. The van der Waals surface area contributed by atoms with Crippen LogP contribution < -0.4 is 5.32 Å². The molecule has 2 aromatic rings. The van der Waals surface area contributed by atoms with Crippen LogP contribution in [0.5, 0.6) is 0 Å². The summed E-state index contributed by atoms with van der Waals surface area (Å²) in [5, 5.41) is 22.6. The maximum atomic E-state index is 10.9. The first-order chi connectivity index (χ1) is 11.5. The van der Waals surface area contributed by atoms with E-state index in [0.717, 1.165) is 22.6 Å². The maximum absolute atomic E-state index is 10.9. The summed E-state index contributed by atoms with van der Waals surface area (Å²) >= 11 is 0. The third kappa shape index (κ3) is 2.55. The van der Waals surface area contributed by atoms with Crippen molar-refractivity contribution >= 4 is 0 Å². The van der Waals surface area contributed by atoms with Gasteiger partial charge in [-0.15, -0.1) is 0 Å². The Morgan fingerprint density at radius 3 is 2.88 bits per heavy atom. The highest BCUT2D eigenvalue weighted by atomic mass is 16.7. The van der Waals surface area contributed by atoms with Crippen molar-refractivity contribution in [3.63, 3.8) is 0 Å². The molecule has 4 heterocycles. The highest BCUT2D eigenvalue weighted by Gasteiger charge is 2.51. The third-order valence-electron chi connectivity index (χ3n) is 4.86. The Hall–Kier alpha value is -1.74. The number of hydrogen-bond acceptors (Lipinski definition) is 7. The van der Waals surface area contributed by atoms with Gasteiger partial charge in [0.25, 0.3) is 0 Å². The average Bonchev–Trinajstić information content (AvgIpc) is 3.23. The van der Waals surface area contributed by atoms with E-state index in [4.69, 9.17) is 14.0 Å². The normalized spacial score (nSPS) is 32.4. The van der Waals surface area contributed by atoms with Crippen LogP contribution in [0.4, 0.5) is 0 Å². The van der Waals surface area contributed by atoms with Crippen LogP contribution in [-0.4, -0.2) is 51.2 Å². The molecule has 5 unspecified atom stereocenters. The van der Waals surface area contributed by atoms with Crippen molar-refractivity contribution in [2.45, 2.75) is 57.9 Å². The van der Waals surface area contributed by atoms with Crippen molar-refractivity contribution in [2.75, 3.05) is 6.61 Å². The number of ether oxygens (including phenoxy) is 2. The monoisotopic (exact) mass is 334 g/mol. The van der Waals surface area contributed by atoms with Gasteiger partial charge in [0.2, 0.25) is 0 Å². The Kier molecular flexibility index (Phi) is 3.92. The fourth-order valence-electron chi connectivity index (χ4n) is 3.50. The van der Waals surface area contributed by atoms with Crippen molar-refractivity contribution in [1.29, 1.82) is 0 Å². The highest BCUT2D eigenvalue weighted by molar-refractivity contribution is 5.20. The second-order valence-corrected chi connectivity index (χ2v) is 6.56. The molecule has 8 heteroatoms. The molecule has 2 N–H and O–H groups in total. The number of aliphatic hydroxyl groups is 1. The number of nitrogens with one attached hydrogen (secondary N) is 1. The van der Waals surface area contributed by atoms with Gasteiger partial charge in [-0.05, 0) is 26.3 Å². The number of aliphatic hydroxyl groups excluding tert-OH is 1. The first-order valence-corrected chi connectivity index (χ1v) is 8.15. The zero-order valence-electron chi connectivity index (χ0n) is 14.0. The van der Waals surface area contributed by atoms with E-state index in [-0.39, 0.29) is 18.2 Å². The first-order valence-electron chi connectivity index (χ1n) is 8.15. The Balaban J connectivity index is 1.54. The van der Waals surface area contributed by atoms with Crippen LogP contribution in [0.3, 0.4) is 0 Å². The van der Waals surface area contributed by atoms with Gasteiger partial charge in [0.15, 0.2) is 6.29 Å². The highest BCUT2D eigenvalue weighted by Crippen LogP contribution is 2.35. The second-order valence-electron chi connectivity index (χ2n) is 6.56. The van der Waals surface area contributed by atoms with Crippen LogP contribution in [0, 0.1) is 20.8 Å². The van der Waals surface area contributed by atoms with Crippen LogP contribution in [0.1, 0.15) is 28.6 Å². The Morgan fingerprint density at radius 2 is 2.21 bits per heavy atom. The number of rotatable bonds is 4. The summed E-state index contributed by atoms with van der Waals surface area (Å²) < 4.78 is 18.6. The van der Waals surface area contributed by atoms with E-state index >= 15 is 0 Å².